The molecule has 0 amide bonds. The molecule has 0 aliphatic carbocycles. The van der Waals surface area contributed by atoms with Crippen molar-refractivity contribution in [3.05, 3.63) is 18.0 Å². The van der Waals surface area contributed by atoms with Crippen molar-refractivity contribution in [3.8, 4) is 0 Å². The van der Waals surface area contributed by atoms with Gasteiger partial charge in [0.2, 0.25) is 5.95 Å². The molecule has 0 spiro atoms. The van der Waals surface area contributed by atoms with Gasteiger partial charge in [0.05, 0.1) is 0 Å². The van der Waals surface area contributed by atoms with Crippen molar-refractivity contribution in [1.82, 2.24) is 9.97 Å². The number of hydrazine groups is 1. The van der Waals surface area contributed by atoms with E-state index in [-0.39, 0.29) is 5.95 Å². The van der Waals surface area contributed by atoms with Crippen molar-refractivity contribution in [2.24, 2.45) is 5.84 Å². The molecule has 1 aromatic rings. The fourth-order valence-corrected chi connectivity index (χ4v) is 0.700. The van der Waals surface area contributed by atoms with E-state index in [2.05, 4.69) is 9.97 Å². The number of hydrogen-bond donors (Lipinski definition) is 2. The fraction of sp³-hybridized carbons (Fsp3) is 0.333. The Balaban J connectivity index is 3.01. The zero-order valence-corrected chi connectivity index (χ0v) is 6.47. The maximum atomic E-state index is 12.7. The largest absolute Gasteiger partial charge is 0.317 e. The first kappa shape index (κ1) is 9.72. The van der Waals surface area contributed by atoms with E-state index < -0.39 is 18.3 Å². The molecule has 0 bridgehead atoms. The number of alkyl halides is 3. The van der Waals surface area contributed by atoms with Gasteiger partial charge < -0.3 is 0 Å². The van der Waals surface area contributed by atoms with E-state index in [1.54, 1.807) is 0 Å². The summed E-state index contributed by atoms with van der Waals surface area (Å²) in [5, 5.41) is 0. The topological polar surface area (TPSA) is 63.8 Å². The van der Waals surface area contributed by atoms with Gasteiger partial charge in [-0.25, -0.2) is 20.2 Å². The number of anilines is 1. The summed E-state index contributed by atoms with van der Waals surface area (Å²) in [5.74, 6) is 1.13. The van der Waals surface area contributed by atoms with Crippen LogP contribution in [0.3, 0.4) is 0 Å². The molecule has 0 unspecified atom stereocenters. The van der Waals surface area contributed by atoms with Gasteiger partial charge in [-0.2, -0.15) is 8.78 Å². The molecule has 13 heavy (non-hydrogen) atoms. The predicted molar refractivity (Wildman–Crippen MR) is 39.7 cm³/mol. The lowest BCUT2D eigenvalue weighted by atomic mass is 10.2. The average molecular weight is 192 g/mol. The Labute approximate surface area is 72.0 Å². The summed E-state index contributed by atoms with van der Waals surface area (Å²) in [5.41, 5.74) is 1.29. The molecule has 0 saturated carbocycles. The Morgan fingerprint density at radius 2 is 2.23 bits per heavy atom. The normalized spacial score (nSPS) is 11.4. The van der Waals surface area contributed by atoms with Crippen molar-refractivity contribution in [1.29, 1.82) is 0 Å². The standard InChI is InChI=1S/C6H7F3N4/c7-3-6(8,9)4-1-2-11-5(12-4)13-10/h1-2H,3,10H2,(H,11,12,13). The number of nitrogens with two attached hydrogens (primary N) is 1. The first-order chi connectivity index (χ1) is 6.10. The molecule has 1 aromatic heterocycles. The number of aromatic nitrogens is 2. The van der Waals surface area contributed by atoms with Crippen LogP contribution in [0.1, 0.15) is 5.69 Å². The number of halogens is 3. The SMILES string of the molecule is NNc1nccc(C(F)(F)CF)n1. The van der Waals surface area contributed by atoms with Crippen LogP contribution in [-0.4, -0.2) is 16.6 Å². The van der Waals surface area contributed by atoms with Gasteiger partial charge in [-0.05, 0) is 6.07 Å². The Bertz CT molecular complexity index is 291. The van der Waals surface area contributed by atoms with Crippen LogP contribution >= 0.6 is 0 Å². The van der Waals surface area contributed by atoms with E-state index in [0.29, 0.717) is 0 Å². The number of rotatable bonds is 3. The number of nitrogens with zero attached hydrogens (tertiary/aromatic N) is 2. The molecular formula is C6H7F3N4. The molecule has 0 aliphatic heterocycles. The third-order valence-electron chi connectivity index (χ3n) is 1.33. The molecule has 0 saturated heterocycles. The number of nitrogens with one attached hydrogen (secondary N) is 1. The molecule has 4 nitrogen and oxygen atoms in total. The molecule has 0 radical (unpaired) electrons. The van der Waals surface area contributed by atoms with E-state index in [4.69, 9.17) is 5.84 Å². The lowest BCUT2D eigenvalue weighted by Crippen LogP contribution is -2.20. The highest BCUT2D eigenvalue weighted by atomic mass is 19.3. The van der Waals surface area contributed by atoms with Crippen molar-refractivity contribution >= 4 is 5.95 Å². The Morgan fingerprint density at radius 3 is 2.77 bits per heavy atom. The summed E-state index contributed by atoms with van der Waals surface area (Å²) in [6.07, 6.45) is 1.07. The molecule has 0 atom stereocenters. The summed E-state index contributed by atoms with van der Waals surface area (Å²) in [6, 6.07) is 0.931. The Kier molecular flexibility index (Phi) is 2.66. The van der Waals surface area contributed by atoms with Gasteiger partial charge in [0, 0.05) is 6.20 Å². The highest BCUT2D eigenvalue weighted by molar-refractivity contribution is 5.24. The number of nitrogen functional groups attached to an aromatic ring is 1. The average Bonchev–Trinajstić information content (AvgIpc) is 2.18. The van der Waals surface area contributed by atoms with Gasteiger partial charge in [0.1, 0.15) is 5.69 Å². The lowest BCUT2D eigenvalue weighted by molar-refractivity contribution is -0.0321. The van der Waals surface area contributed by atoms with E-state index in [1.165, 1.54) is 0 Å². The Morgan fingerprint density at radius 1 is 1.54 bits per heavy atom. The minimum Gasteiger partial charge on any atom is -0.292 e. The van der Waals surface area contributed by atoms with Gasteiger partial charge in [-0.1, -0.05) is 0 Å². The molecule has 0 aromatic carbocycles. The van der Waals surface area contributed by atoms with Crippen LogP contribution in [0.5, 0.6) is 0 Å². The highest BCUT2D eigenvalue weighted by Crippen LogP contribution is 2.26. The third-order valence-corrected chi connectivity index (χ3v) is 1.33. The first-order valence-corrected chi connectivity index (χ1v) is 3.34. The summed E-state index contributed by atoms with van der Waals surface area (Å²) in [6.45, 7) is -1.80. The van der Waals surface area contributed by atoms with E-state index in [0.717, 1.165) is 12.3 Å². The monoisotopic (exact) mass is 192 g/mol. The second kappa shape index (κ2) is 3.56. The van der Waals surface area contributed by atoms with E-state index >= 15 is 0 Å². The molecule has 3 N–H and O–H groups in total. The minimum atomic E-state index is -3.59. The molecule has 0 fully saturated rings. The van der Waals surface area contributed by atoms with Crippen LogP contribution in [0.15, 0.2) is 12.3 Å². The van der Waals surface area contributed by atoms with Gasteiger partial charge in [0.15, 0.2) is 6.67 Å². The maximum Gasteiger partial charge on any atom is 0.317 e. The van der Waals surface area contributed by atoms with E-state index in [9.17, 15) is 13.2 Å². The van der Waals surface area contributed by atoms with Gasteiger partial charge in [0.25, 0.3) is 0 Å². The summed E-state index contributed by atoms with van der Waals surface area (Å²) in [7, 11) is 0. The highest BCUT2D eigenvalue weighted by Gasteiger charge is 2.33. The van der Waals surface area contributed by atoms with E-state index in [1.807, 2.05) is 5.43 Å². The van der Waals surface area contributed by atoms with Crippen molar-refractivity contribution < 1.29 is 13.2 Å². The molecule has 1 heterocycles. The van der Waals surface area contributed by atoms with Crippen LogP contribution in [0, 0.1) is 0 Å². The summed E-state index contributed by atoms with van der Waals surface area (Å²) < 4.78 is 37.2. The molecule has 0 aliphatic rings. The summed E-state index contributed by atoms with van der Waals surface area (Å²) in [4.78, 5) is 6.80. The zero-order chi connectivity index (χ0) is 9.90. The number of hydrogen-bond acceptors (Lipinski definition) is 4. The van der Waals surface area contributed by atoms with Crippen molar-refractivity contribution in [2.45, 2.75) is 5.92 Å². The first-order valence-electron chi connectivity index (χ1n) is 3.34. The smallest absolute Gasteiger partial charge is 0.292 e. The van der Waals surface area contributed by atoms with Crippen LogP contribution in [-0.2, 0) is 5.92 Å². The molecule has 7 heteroatoms. The van der Waals surface area contributed by atoms with Crippen LogP contribution in [0.25, 0.3) is 0 Å². The quantitative estimate of drug-likeness (QED) is 0.549. The minimum absolute atomic E-state index is 0.175. The molecular weight excluding hydrogens is 185 g/mol. The lowest BCUT2D eigenvalue weighted by Gasteiger charge is -2.11. The van der Waals surface area contributed by atoms with Gasteiger partial charge in [-0.15, -0.1) is 0 Å². The molecule has 72 valence electrons. The summed E-state index contributed by atoms with van der Waals surface area (Å²) >= 11 is 0. The van der Waals surface area contributed by atoms with Crippen molar-refractivity contribution in [3.63, 3.8) is 0 Å². The van der Waals surface area contributed by atoms with Crippen molar-refractivity contribution in [2.75, 3.05) is 12.1 Å². The zero-order valence-electron chi connectivity index (χ0n) is 6.47. The van der Waals surface area contributed by atoms with Crippen LogP contribution in [0.4, 0.5) is 19.1 Å². The second-order valence-corrected chi connectivity index (χ2v) is 2.25. The van der Waals surface area contributed by atoms with Crippen LogP contribution < -0.4 is 11.3 Å². The van der Waals surface area contributed by atoms with Crippen LogP contribution in [0.2, 0.25) is 0 Å². The fourth-order valence-electron chi connectivity index (χ4n) is 0.700. The second-order valence-electron chi connectivity index (χ2n) is 2.25. The predicted octanol–water partition coefficient (Wildman–Crippen LogP) is 0.824. The van der Waals surface area contributed by atoms with Gasteiger partial charge >= 0.3 is 5.92 Å². The Hall–Kier alpha value is -1.37. The third kappa shape index (κ3) is 2.05. The molecule has 1 rings (SSSR count). The van der Waals surface area contributed by atoms with Gasteiger partial charge in [-0.3, -0.25) is 5.43 Å². The maximum absolute atomic E-state index is 12.7.